The maximum atomic E-state index is 12.7. The number of hydrogen-bond acceptors (Lipinski definition) is 4. The second kappa shape index (κ2) is 7.18. The molecule has 1 atom stereocenters. The van der Waals surface area contributed by atoms with Crippen molar-refractivity contribution in [3.63, 3.8) is 0 Å². The molecule has 1 saturated heterocycles. The minimum Gasteiger partial charge on any atom is -0.376 e. The van der Waals surface area contributed by atoms with E-state index in [1.54, 1.807) is 0 Å². The van der Waals surface area contributed by atoms with Crippen molar-refractivity contribution in [2.45, 2.75) is 6.10 Å². The number of amides is 1. The van der Waals surface area contributed by atoms with E-state index < -0.39 is 0 Å². The summed E-state index contributed by atoms with van der Waals surface area (Å²) < 4.78 is 23.4. The summed E-state index contributed by atoms with van der Waals surface area (Å²) in [6.07, 6.45) is -0.00706. The van der Waals surface area contributed by atoms with Gasteiger partial charge in [0.05, 0.1) is 32.5 Å². The van der Waals surface area contributed by atoms with Crippen LogP contribution >= 0.6 is 0 Å². The van der Waals surface area contributed by atoms with Crippen LogP contribution in [0.2, 0.25) is 0 Å². The van der Waals surface area contributed by atoms with Gasteiger partial charge in [-0.2, -0.15) is 0 Å². The Morgan fingerprint density at radius 2 is 2.11 bits per heavy atom. The molecule has 1 heterocycles. The van der Waals surface area contributed by atoms with E-state index in [2.05, 4.69) is 10.6 Å². The molecule has 104 valence electrons. The van der Waals surface area contributed by atoms with Crippen LogP contribution in [-0.4, -0.2) is 44.9 Å². The maximum Gasteiger partial charge on any atom is 0.238 e. The smallest absolute Gasteiger partial charge is 0.238 e. The molecule has 0 saturated carbocycles. The molecule has 0 bridgehead atoms. The average molecular weight is 268 g/mol. The fourth-order valence-electron chi connectivity index (χ4n) is 1.74. The summed E-state index contributed by atoms with van der Waals surface area (Å²) in [6.45, 7) is 2.51. The van der Waals surface area contributed by atoms with Gasteiger partial charge in [-0.25, -0.2) is 4.39 Å². The largest absolute Gasteiger partial charge is 0.376 e. The summed E-state index contributed by atoms with van der Waals surface area (Å²) >= 11 is 0. The first-order chi connectivity index (χ1) is 9.24. The first kappa shape index (κ1) is 13.9. The predicted octanol–water partition coefficient (Wildman–Crippen LogP) is 0.769. The monoisotopic (exact) mass is 268 g/mol. The molecule has 1 fully saturated rings. The highest BCUT2D eigenvalue weighted by molar-refractivity contribution is 5.92. The third-order valence-electron chi connectivity index (χ3n) is 2.67. The summed E-state index contributed by atoms with van der Waals surface area (Å²) in [6, 6.07) is 5.64. The zero-order valence-electron chi connectivity index (χ0n) is 10.5. The lowest BCUT2D eigenvalue weighted by Gasteiger charge is -2.23. The molecule has 1 aliphatic rings. The van der Waals surface area contributed by atoms with E-state index in [4.69, 9.17) is 9.47 Å². The Balaban J connectivity index is 1.65. The van der Waals surface area contributed by atoms with Crippen LogP contribution in [0.5, 0.6) is 0 Å². The molecule has 1 unspecified atom stereocenters. The van der Waals surface area contributed by atoms with Crippen molar-refractivity contribution in [1.29, 1.82) is 0 Å². The number of benzene rings is 1. The summed E-state index contributed by atoms with van der Waals surface area (Å²) in [7, 11) is 0. The zero-order valence-corrected chi connectivity index (χ0v) is 10.5. The Bertz CT molecular complexity index is 405. The van der Waals surface area contributed by atoms with Crippen molar-refractivity contribution in [2.75, 3.05) is 38.2 Å². The third-order valence-corrected chi connectivity index (χ3v) is 2.67. The van der Waals surface area contributed by atoms with E-state index in [0.29, 0.717) is 32.1 Å². The topological polar surface area (TPSA) is 59.6 Å². The van der Waals surface area contributed by atoms with E-state index >= 15 is 0 Å². The number of nitrogens with one attached hydrogen (secondary N) is 2. The van der Waals surface area contributed by atoms with Crippen molar-refractivity contribution in [3.05, 3.63) is 30.1 Å². The van der Waals surface area contributed by atoms with Crippen LogP contribution in [-0.2, 0) is 14.3 Å². The van der Waals surface area contributed by atoms with Crippen molar-refractivity contribution in [3.8, 4) is 0 Å². The first-order valence-corrected chi connectivity index (χ1v) is 6.19. The van der Waals surface area contributed by atoms with Gasteiger partial charge in [-0.1, -0.05) is 0 Å². The van der Waals surface area contributed by atoms with Crippen LogP contribution in [0.4, 0.5) is 10.1 Å². The standard InChI is InChI=1S/C13H17FN2O3/c14-10-1-3-11(4-2-10)16-13(17)8-15-7-12-9-18-5-6-19-12/h1-4,12,15H,5-9H2,(H,16,17). The summed E-state index contributed by atoms with van der Waals surface area (Å²) in [4.78, 5) is 11.6. The molecule has 2 rings (SSSR count). The van der Waals surface area contributed by atoms with E-state index in [1.165, 1.54) is 24.3 Å². The quantitative estimate of drug-likeness (QED) is 0.828. The van der Waals surface area contributed by atoms with Gasteiger partial charge < -0.3 is 20.1 Å². The van der Waals surface area contributed by atoms with Crippen LogP contribution < -0.4 is 10.6 Å². The van der Waals surface area contributed by atoms with Gasteiger partial charge in [-0.05, 0) is 24.3 Å². The van der Waals surface area contributed by atoms with Gasteiger partial charge in [0.1, 0.15) is 5.82 Å². The minimum absolute atomic E-state index is 0.00706. The molecule has 19 heavy (non-hydrogen) atoms. The Morgan fingerprint density at radius 1 is 1.32 bits per heavy atom. The molecule has 0 radical (unpaired) electrons. The van der Waals surface area contributed by atoms with Gasteiger partial charge >= 0.3 is 0 Å². The third kappa shape index (κ3) is 4.94. The Labute approximate surface area is 111 Å². The van der Waals surface area contributed by atoms with E-state index in [9.17, 15) is 9.18 Å². The summed E-state index contributed by atoms with van der Waals surface area (Å²) in [5, 5.41) is 5.66. The molecule has 5 nitrogen and oxygen atoms in total. The second-order valence-corrected chi connectivity index (χ2v) is 4.25. The molecule has 1 aromatic rings. The van der Waals surface area contributed by atoms with E-state index in [-0.39, 0.29) is 24.4 Å². The Morgan fingerprint density at radius 3 is 2.79 bits per heavy atom. The molecular weight excluding hydrogens is 251 g/mol. The molecule has 0 spiro atoms. The average Bonchev–Trinajstić information content (AvgIpc) is 2.43. The first-order valence-electron chi connectivity index (χ1n) is 6.19. The molecular formula is C13H17FN2O3. The molecule has 0 aromatic heterocycles. The number of halogens is 1. The number of hydrogen-bond donors (Lipinski definition) is 2. The van der Waals surface area contributed by atoms with Crippen molar-refractivity contribution in [2.24, 2.45) is 0 Å². The van der Waals surface area contributed by atoms with E-state index in [1.807, 2.05) is 0 Å². The molecule has 1 amide bonds. The molecule has 2 N–H and O–H groups in total. The van der Waals surface area contributed by atoms with E-state index in [0.717, 1.165) is 0 Å². The lowest BCUT2D eigenvalue weighted by Crippen LogP contribution is -2.40. The molecule has 6 heteroatoms. The Hall–Kier alpha value is -1.50. The molecule has 0 aliphatic carbocycles. The fourth-order valence-corrected chi connectivity index (χ4v) is 1.74. The highest BCUT2D eigenvalue weighted by Gasteiger charge is 2.14. The second-order valence-electron chi connectivity index (χ2n) is 4.25. The minimum atomic E-state index is -0.328. The highest BCUT2D eigenvalue weighted by atomic mass is 19.1. The van der Waals surface area contributed by atoms with Gasteiger partial charge in [0, 0.05) is 12.2 Å². The SMILES string of the molecule is O=C(CNCC1COCCO1)Nc1ccc(F)cc1. The van der Waals surface area contributed by atoms with Crippen LogP contribution in [0.15, 0.2) is 24.3 Å². The van der Waals surface area contributed by atoms with Crippen molar-refractivity contribution >= 4 is 11.6 Å². The normalized spacial score (nSPS) is 19.1. The van der Waals surface area contributed by atoms with Crippen LogP contribution in [0, 0.1) is 5.82 Å². The number of carbonyl (C=O) groups is 1. The number of rotatable bonds is 5. The predicted molar refractivity (Wildman–Crippen MR) is 68.5 cm³/mol. The van der Waals surface area contributed by atoms with Gasteiger partial charge in [-0.15, -0.1) is 0 Å². The summed E-state index contributed by atoms with van der Waals surface area (Å²) in [5.74, 6) is -0.506. The number of ether oxygens (including phenoxy) is 2. The number of anilines is 1. The highest BCUT2D eigenvalue weighted by Crippen LogP contribution is 2.07. The van der Waals surface area contributed by atoms with Gasteiger partial charge in [0.25, 0.3) is 0 Å². The van der Waals surface area contributed by atoms with Gasteiger partial charge in [0.15, 0.2) is 0 Å². The van der Waals surface area contributed by atoms with Gasteiger partial charge in [0.2, 0.25) is 5.91 Å². The zero-order chi connectivity index (χ0) is 13.5. The Kier molecular flexibility index (Phi) is 5.26. The molecule has 1 aliphatic heterocycles. The lowest BCUT2D eigenvalue weighted by atomic mass is 10.3. The number of carbonyl (C=O) groups excluding carboxylic acids is 1. The van der Waals surface area contributed by atoms with Crippen LogP contribution in [0.25, 0.3) is 0 Å². The van der Waals surface area contributed by atoms with Gasteiger partial charge in [-0.3, -0.25) is 4.79 Å². The lowest BCUT2D eigenvalue weighted by molar-refractivity contribution is -0.116. The summed E-state index contributed by atoms with van der Waals surface area (Å²) in [5.41, 5.74) is 0.574. The fraction of sp³-hybridized carbons (Fsp3) is 0.462. The van der Waals surface area contributed by atoms with Crippen molar-refractivity contribution in [1.82, 2.24) is 5.32 Å². The molecule has 1 aromatic carbocycles. The van der Waals surface area contributed by atoms with Crippen LogP contribution in [0.1, 0.15) is 0 Å². The maximum absolute atomic E-state index is 12.7. The van der Waals surface area contributed by atoms with Crippen molar-refractivity contribution < 1.29 is 18.7 Å². The van der Waals surface area contributed by atoms with Crippen LogP contribution in [0.3, 0.4) is 0 Å².